The van der Waals surface area contributed by atoms with Gasteiger partial charge in [-0.25, -0.2) is 9.37 Å². The van der Waals surface area contributed by atoms with Crippen LogP contribution in [-0.2, 0) is 17.9 Å². The van der Waals surface area contributed by atoms with Crippen LogP contribution in [0.3, 0.4) is 0 Å². The van der Waals surface area contributed by atoms with Gasteiger partial charge < -0.3 is 14.8 Å². The number of thioether (sulfide) groups is 1. The third-order valence-corrected chi connectivity index (χ3v) is 6.95. The van der Waals surface area contributed by atoms with Crippen LogP contribution in [-0.4, -0.2) is 35.4 Å². The Morgan fingerprint density at radius 3 is 2.68 bits per heavy atom. The molecule has 7 nitrogen and oxygen atoms in total. The van der Waals surface area contributed by atoms with E-state index in [2.05, 4.69) is 10.3 Å². The normalized spacial score (nSPS) is 10.9. The summed E-state index contributed by atoms with van der Waals surface area (Å²) in [6.45, 7) is 0.490. The van der Waals surface area contributed by atoms with Crippen LogP contribution in [0.25, 0.3) is 10.2 Å². The number of para-hydroxylation sites is 1. The lowest BCUT2D eigenvalue weighted by Gasteiger charge is -2.14. The van der Waals surface area contributed by atoms with Crippen LogP contribution in [0.2, 0.25) is 0 Å². The molecule has 2 aromatic heterocycles. The highest BCUT2D eigenvalue weighted by Gasteiger charge is 2.16. The first-order valence-electron chi connectivity index (χ1n) is 10.3. The molecule has 0 aliphatic heterocycles. The summed E-state index contributed by atoms with van der Waals surface area (Å²) in [5.74, 6) is 0.653. The fourth-order valence-corrected chi connectivity index (χ4v) is 5.02. The first-order chi connectivity index (χ1) is 16.5. The Morgan fingerprint density at radius 1 is 1.15 bits per heavy atom. The smallest absolute Gasteiger partial charge is 0.272 e. The molecule has 0 unspecified atom stereocenters. The molecule has 2 aromatic carbocycles. The van der Waals surface area contributed by atoms with Crippen molar-refractivity contribution in [2.45, 2.75) is 18.2 Å². The average molecular weight is 500 g/mol. The minimum atomic E-state index is -0.345. The number of carbonyl (C=O) groups excluding carboxylic acids is 1. The molecule has 0 atom stereocenters. The van der Waals surface area contributed by atoms with E-state index >= 15 is 0 Å². The van der Waals surface area contributed by atoms with Crippen molar-refractivity contribution in [1.82, 2.24) is 14.9 Å². The van der Waals surface area contributed by atoms with Gasteiger partial charge >= 0.3 is 0 Å². The van der Waals surface area contributed by atoms with Gasteiger partial charge in [0.25, 0.3) is 5.56 Å². The van der Waals surface area contributed by atoms with E-state index in [1.54, 1.807) is 38.5 Å². The summed E-state index contributed by atoms with van der Waals surface area (Å²) in [5, 5.41) is 5.10. The number of nitrogens with one attached hydrogen (secondary N) is 1. The summed E-state index contributed by atoms with van der Waals surface area (Å²) in [7, 11) is 3.10. The third-order valence-electron chi connectivity index (χ3n) is 5.08. The van der Waals surface area contributed by atoms with E-state index in [9.17, 15) is 14.0 Å². The number of aromatic nitrogens is 2. The van der Waals surface area contributed by atoms with Gasteiger partial charge in [0.05, 0.1) is 32.0 Å². The van der Waals surface area contributed by atoms with Gasteiger partial charge in [0.15, 0.2) is 16.7 Å². The van der Waals surface area contributed by atoms with Gasteiger partial charge in [0.1, 0.15) is 10.5 Å². The monoisotopic (exact) mass is 499 g/mol. The van der Waals surface area contributed by atoms with Crippen molar-refractivity contribution in [2.24, 2.45) is 0 Å². The molecule has 0 saturated heterocycles. The molecule has 1 N–H and O–H groups in total. The predicted octanol–water partition coefficient (Wildman–Crippen LogP) is 4.07. The predicted molar refractivity (Wildman–Crippen MR) is 131 cm³/mol. The van der Waals surface area contributed by atoms with Gasteiger partial charge in [-0.05, 0) is 35.2 Å². The number of methoxy groups -OCH3 is 2. The van der Waals surface area contributed by atoms with E-state index in [-0.39, 0.29) is 36.1 Å². The molecule has 0 aliphatic rings. The zero-order valence-corrected chi connectivity index (χ0v) is 20.2. The molecule has 34 heavy (non-hydrogen) atoms. The van der Waals surface area contributed by atoms with Gasteiger partial charge in [-0.2, -0.15) is 0 Å². The summed E-state index contributed by atoms with van der Waals surface area (Å²) in [5.41, 5.74) is 1.95. The average Bonchev–Trinajstić information content (AvgIpc) is 3.33. The van der Waals surface area contributed by atoms with Crippen molar-refractivity contribution in [3.8, 4) is 11.5 Å². The van der Waals surface area contributed by atoms with Crippen molar-refractivity contribution in [2.75, 3.05) is 20.0 Å². The van der Waals surface area contributed by atoms with E-state index in [0.29, 0.717) is 26.9 Å². The van der Waals surface area contributed by atoms with E-state index in [0.717, 1.165) is 11.1 Å². The highest BCUT2D eigenvalue weighted by Crippen LogP contribution is 2.30. The van der Waals surface area contributed by atoms with Crippen molar-refractivity contribution in [3.05, 3.63) is 81.2 Å². The van der Waals surface area contributed by atoms with Crippen LogP contribution in [0, 0.1) is 5.82 Å². The zero-order chi connectivity index (χ0) is 24.1. The maximum Gasteiger partial charge on any atom is 0.272 e. The molecule has 2 heterocycles. The molecule has 4 rings (SSSR count). The SMILES string of the molecule is COc1cccc(CNC(=O)CSc2nc3ccsc3c(=O)n2Cc2ccc(F)cc2)c1OC. The number of nitrogens with zero attached hydrogens (tertiary/aromatic N) is 2. The fraction of sp³-hybridized carbons (Fsp3) is 0.208. The second-order valence-electron chi connectivity index (χ2n) is 7.27. The van der Waals surface area contributed by atoms with Gasteiger partial charge in [0, 0.05) is 12.1 Å². The molecule has 0 bridgehead atoms. The largest absolute Gasteiger partial charge is 0.493 e. The molecule has 0 radical (unpaired) electrons. The van der Waals surface area contributed by atoms with Crippen molar-refractivity contribution >= 4 is 39.2 Å². The second-order valence-corrected chi connectivity index (χ2v) is 9.12. The highest BCUT2D eigenvalue weighted by molar-refractivity contribution is 7.99. The standard InChI is InChI=1S/C24H22FN3O4S2/c1-31-19-5-3-4-16(21(19)32-2)12-26-20(29)14-34-24-27-18-10-11-33-22(18)23(30)28(24)13-15-6-8-17(25)9-7-15/h3-11H,12-14H2,1-2H3,(H,26,29). The molecule has 0 saturated carbocycles. The first kappa shape index (κ1) is 23.8. The second kappa shape index (κ2) is 10.7. The Balaban J connectivity index is 1.50. The zero-order valence-electron chi connectivity index (χ0n) is 18.5. The molecule has 176 valence electrons. The van der Waals surface area contributed by atoms with Crippen LogP contribution in [0.5, 0.6) is 11.5 Å². The molecular weight excluding hydrogens is 477 g/mol. The minimum Gasteiger partial charge on any atom is -0.493 e. The Labute approximate surface area is 203 Å². The van der Waals surface area contributed by atoms with Gasteiger partial charge in [-0.1, -0.05) is 36.0 Å². The number of thiophene rings is 1. The van der Waals surface area contributed by atoms with Crippen molar-refractivity contribution < 1.29 is 18.7 Å². The van der Waals surface area contributed by atoms with E-state index in [1.807, 2.05) is 17.5 Å². The van der Waals surface area contributed by atoms with E-state index in [4.69, 9.17) is 9.47 Å². The first-order valence-corrected chi connectivity index (χ1v) is 12.2. The van der Waals surface area contributed by atoms with Crippen molar-refractivity contribution in [3.63, 3.8) is 0 Å². The molecule has 4 aromatic rings. The topological polar surface area (TPSA) is 82.5 Å². The third kappa shape index (κ3) is 5.23. The lowest BCUT2D eigenvalue weighted by Crippen LogP contribution is -2.27. The Kier molecular flexibility index (Phi) is 7.49. The van der Waals surface area contributed by atoms with Crippen molar-refractivity contribution in [1.29, 1.82) is 0 Å². The highest BCUT2D eigenvalue weighted by atomic mass is 32.2. The van der Waals surface area contributed by atoms with Crippen LogP contribution >= 0.6 is 23.1 Å². The van der Waals surface area contributed by atoms with Crippen LogP contribution in [0.15, 0.2) is 63.9 Å². The molecule has 0 spiro atoms. The summed E-state index contributed by atoms with van der Waals surface area (Å²) in [4.78, 5) is 30.3. The number of halogens is 1. The van der Waals surface area contributed by atoms with Gasteiger partial charge in [-0.3, -0.25) is 14.2 Å². The Hall–Kier alpha value is -3.37. The Morgan fingerprint density at radius 2 is 1.94 bits per heavy atom. The lowest BCUT2D eigenvalue weighted by atomic mass is 10.2. The summed E-state index contributed by atoms with van der Waals surface area (Å²) in [6, 6.07) is 13.2. The number of carbonyl (C=O) groups is 1. The number of ether oxygens (including phenoxy) is 2. The van der Waals surface area contributed by atoms with Crippen LogP contribution in [0.4, 0.5) is 4.39 Å². The minimum absolute atomic E-state index is 0.0672. The molecule has 0 fully saturated rings. The molecular formula is C24H22FN3O4S2. The number of benzene rings is 2. The fourth-order valence-electron chi connectivity index (χ4n) is 3.41. The number of amides is 1. The van der Waals surface area contributed by atoms with Crippen LogP contribution in [0.1, 0.15) is 11.1 Å². The summed E-state index contributed by atoms with van der Waals surface area (Å²) in [6.07, 6.45) is 0. The van der Waals surface area contributed by atoms with Gasteiger partial charge in [0.2, 0.25) is 5.91 Å². The van der Waals surface area contributed by atoms with Crippen LogP contribution < -0.4 is 20.3 Å². The Bertz CT molecular complexity index is 1370. The number of hydrogen-bond acceptors (Lipinski definition) is 7. The van der Waals surface area contributed by atoms with Gasteiger partial charge in [-0.15, -0.1) is 11.3 Å². The van der Waals surface area contributed by atoms with E-state index in [1.165, 1.54) is 39.8 Å². The molecule has 10 heteroatoms. The van der Waals surface area contributed by atoms with E-state index < -0.39 is 0 Å². The lowest BCUT2D eigenvalue weighted by molar-refractivity contribution is -0.118. The number of fused-ring (bicyclic) bond motifs is 1. The summed E-state index contributed by atoms with van der Waals surface area (Å²) >= 11 is 2.50. The number of rotatable bonds is 9. The molecule has 0 aliphatic carbocycles. The quantitative estimate of drug-likeness (QED) is 0.276. The number of hydrogen-bond donors (Lipinski definition) is 1. The summed E-state index contributed by atoms with van der Waals surface area (Å²) < 4.78 is 26.1. The maximum absolute atomic E-state index is 13.3. The maximum atomic E-state index is 13.3. The molecule has 1 amide bonds.